The lowest BCUT2D eigenvalue weighted by Crippen LogP contribution is -2.37. The molecule has 118 valence electrons. The minimum absolute atomic E-state index is 0.205. The smallest absolute Gasteiger partial charge is 0.311 e. The summed E-state index contributed by atoms with van der Waals surface area (Å²) in [5.74, 6) is -0.717. The van der Waals surface area contributed by atoms with Gasteiger partial charge in [-0.2, -0.15) is 0 Å². The Hall–Kier alpha value is -1.82. The van der Waals surface area contributed by atoms with Crippen LogP contribution in [0.2, 0.25) is 0 Å². The van der Waals surface area contributed by atoms with E-state index in [0.29, 0.717) is 36.7 Å². The number of carbonyl (C=O) groups is 2. The van der Waals surface area contributed by atoms with Crippen molar-refractivity contribution < 1.29 is 23.8 Å². The van der Waals surface area contributed by atoms with Crippen LogP contribution in [0.1, 0.15) is 35.5 Å². The standard InChI is InChI=1S/C15H23NO5/c1-10(2)8-16(5-6-20-4)15(19)14-11(3)9-21-12(14)7-13(17)18/h9-10H,5-8H2,1-4H3,(H,17,18). The first-order chi connectivity index (χ1) is 9.86. The van der Waals surface area contributed by atoms with Gasteiger partial charge < -0.3 is 19.2 Å². The summed E-state index contributed by atoms with van der Waals surface area (Å²) in [5.41, 5.74) is 1.01. The van der Waals surface area contributed by atoms with E-state index in [1.165, 1.54) is 6.26 Å². The Morgan fingerprint density at radius 3 is 2.62 bits per heavy atom. The SMILES string of the molecule is COCCN(CC(C)C)C(=O)c1c(C)coc1CC(=O)O. The van der Waals surface area contributed by atoms with Crippen LogP contribution in [-0.4, -0.2) is 48.7 Å². The average Bonchev–Trinajstić information content (AvgIpc) is 2.73. The maximum absolute atomic E-state index is 12.7. The number of aryl methyl sites for hydroxylation is 1. The van der Waals surface area contributed by atoms with E-state index in [1.54, 1.807) is 18.9 Å². The van der Waals surface area contributed by atoms with Crippen molar-refractivity contribution in [3.05, 3.63) is 23.2 Å². The number of amides is 1. The molecular formula is C15H23NO5. The Kier molecular flexibility index (Phi) is 6.42. The lowest BCUT2D eigenvalue weighted by molar-refractivity contribution is -0.136. The fourth-order valence-corrected chi connectivity index (χ4v) is 2.13. The summed E-state index contributed by atoms with van der Waals surface area (Å²) >= 11 is 0. The van der Waals surface area contributed by atoms with Crippen molar-refractivity contribution in [2.24, 2.45) is 5.92 Å². The molecule has 0 aliphatic heterocycles. The van der Waals surface area contributed by atoms with Gasteiger partial charge in [0.05, 0.1) is 18.4 Å². The van der Waals surface area contributed by atoms with Crippen LogP contribution in [0.25, 0.3) is 0 Å². The molecule has 0 aliphatic carbocycles. The molecule has 0 fully saturated rings. The van der Waals surface area contributed by atoms with Crippen molar-refractivity contribution in [3.8, 4) is 0 Å². The van der Waals surface area contributed by atoms with Gasteiger partial charge in [-0.3, -0.25) is 9.59 Å². The molecule has 1 aromatic rings. The van der Waals surface area contributed by atoms with Gasteiger partial charge in [0, 0.05) is 25.8 Å². The molecule has 0 unspecified atom stereocenters. The van der Waals surface area contributed by atoms with Gasteiger partial charge in [0.25, 0.3) is 5.91 Å². The van der Waals surface area contributed by atoms with E-state index in [-0.39, 0.29) is 18.1 Å². The van der Waals surface area contributed by atoms with Gasteiger partial charge >= 0.3 is 5.97 Å². The fraction of sp³-hybridized carbons (Fsp3) is 0.600. The molecule has 6 nitrogen and oxygen atoms in total. The molecule has 1 N–H and O–H groups in total. The Morgan fingerprint density at radius 1 is 1.43 bits per heavy atom. The van der Waals surface area contributed by atoms with E-state index < -0.39 is 5.97 Å². The first-order valence-electron chi connectivity index (χ1n) is 6.93. The summed E-state index contributed by atoms with van der Waals surface area (Å²) < 4.78 is 10.3. The number of methoxy groups -OCH3 is 1. The summed E-state index contributed by atoms with van der Waals surface area (Å²) in [4.78, 5) is 25.2. The normalized spacial score (nSPS) is 10.9. The van der Waals surface area contributed by atoms with E-state index >= 15 is 0 Å². The van der Waals surface area contributed by atoms with E-state index in [0.717, 1.165) is 0 Å². The summed E-state index contributed by atoms with van der Waals surface area (Å²) in [5, 5.41) is 8.90. The van der Waals surface area contributed by atoms with Crippen LogP contribution >= 0.6 is 0 Å². The molecule has 6 heteroatoms. The second-order valence-electron chi connectivity index (χ2n) is 5.43. The second kappa shape index (κ2) is 7.83. The molecule has 1 aromatic heterocycles. The molecule has 21 heavy (non-hydrogen) atoms. The van der Waals surface area contributed by atoms with E-state index in [2.05, 4.69) is 0 Å². The monoisotopic (exact) mass is 297 g/mol. The maximum Gasteiger partial charge on any atom is 0.311 e. The third-order valence-corrected chi connectivity index (χ3v) is 3.01. The highest BCUT2D eigenvalue weighted by Crippen LogP contribution is 2.20. The zero-order chi connectivity index (χ0) is 16.0. The Bertz CT molecular complexity index is 492. The van der Waals surface area contributed by atoms with Crippen LogP contribution in [0, 0.1) is 12.8 Å². The predicted octanol–water partition coefficient (Wildman–Crippen LogP) is 1.96. The van der Waals surface area contributed by atoms with Crippen molar-refractivity contribution in [2.45, 2.75) is 27.2 Å². The minimum Gasteiger partial charge on any atom is -0.481 e. The summed E-state index contributed by atoms with van der Waals surface area (Å²) in [7, 11) is 1.58. The largest absolute Gasteiger partial charge is 0.481 e. The lowest BCUT2D eigenvalue weighted by Gasteiger charge is -2.24. The summed E-state index contributed by atoms with van der Waals surface area (Å²) in [6, 6.07) is 0. The van der Waals surface area contributed by atoms with E-state index in [1.807, 2.05) is 13.8 Å². The molecule has 0 atom stereocenters. The van der Waals surface area contributed by atoms with Crippen molar-refractivity contribution in [1.29, 1.82) is 0 Å². The number of nitrogens with zero attached hydrogens (tertiary/aromatic N) is 1. The van der Waals surface area contributed by atoms with Crippen molar-refractivity contribution >= 4 is 11.9 Å². The molecule has 0 saturated carbocycles. The van der Waals surface area contributed by atoms with E-state index in [9.17, 15) is 9.59 Å². The quantitative estimate of drug-likeness (QED) is 0.793. The topological polar surface area (TPSA) is 80.0 Å². The third kappa shape index (κ3) is 4.90. The molecule has 1 amide bonds. The number of carbonyl (C=O) groups excluding carboxylic acids is 1. The number of furan rings is 1. The Balaban J connectivity index is 3.01. The van der Waals surface area contributed by atoms with Gasteiger partial charge in [0.2, 0.25) is 0 Å². The van der Waals surface area contributed by atoms with Gasteiger partial charge in [-0.05, 0) is 12.8 Å². The molecule has 0 bridgehead atoms. The number of carboxylic acids is 1. The fourth-order valence-electron chi connectivity index (χ4n) is 2.13. The first kappa shape index (κ1) is 17.2. The van der Waals surface area contributed by atoms with E-state index in [4.69, 9.17) is 14.3 Å². The average molecular weight is 297 g/mol. The zero-order valence-electron chi connectivity index (χ0n) is 13.0. The van der Waals surface area contributed by atoms with Gasteiger partial charge in [-0.1, -0.05) is 13.8 Å². The van der Waals surface area contributed by atoms with Crippen LogP contribution in [0.4, 0.5) is 0 Å². The second-order valence-corrected chi connectivity index (χ2v) is 5.43. The minimum atomic E-state index is -1.02. The van der Waals surface area contributed by atoms with Crippen molar-refractivity contribution in [3.63, 3.8) is 0 Å². The first-order valence-corrected chi connectivity index (χ1v) is 6.93. The molecule has 0 radical (unpaired) electrons. The maximum atomic E-state index is 12.7. The number of aliphatic carboxylic acids is 1. The van der Waals surface area contributed by atoms with Gasteiger partial charge in [0.1, 0.15) is 12.2 Å². The van der Waals surface area contributed by atoms with Gasteiger partial charge in [0.15, 0.2) is 0 Å². The molecule has 0 aliphatic rings. The van der Waals surface area contributed by atoms with Crippen molar-refractivity contribution in [1.82, 2.24) is 4.90 Å². The molecule has 0 spiro atoms. The van der Waals surface area contributed by atoms with Crippen LogP contribution < -0.4 is 0 Å². The predicted molar refractivity (Wildman–Crippen MR) is 77.4 cm³/mol. The molecule has 1 rings (SSSR count). The van der Waals surface area contributed by atoms with Crippen LogP contribution in [0.3, 0.4) is 0 Å². The molecule has 1 heterocycles. The Morgan fingerprint density at radius 2 is 2.10 bits per heavy atom. The number of ether oxygens (including phenoxy) is 1. The highest BCUT2D eigenvalue weighted by atomic mass is 16.5. The Labute approximate surface area is 124 Å². The number of hydrogen-bond donors (Lipinski definition) is 1. The third-order valence-electron chi connectivity index (χ3n) is 3.01. The van der Waals surface area contributed by atoms with Gasteiger partial charge in [-0.15, -0.1) is 0 Å². The number of carboxylic acid groups (broad SMARTS) is 1. The highest BCUT2D eigenvalue weighted by Gasteiger charge is 2.25. The van der Waals surface area contributed by atoms with Gasteiger partial charge in [-0.25, -0.2) is 0 Å². The summed E-state index contributed by atoms with van der Waals surface area (Å²) in [6.45, 7) is 7.26. The van der Waals surface area contributed by atoms with Crippen LogP contribution in [-0.2, 0) is 16.0 Å². The summed E-state index contributed by atoms with van der Waals surface area (Å²) in [6.07, 6.45) is 1.13. The highest BCUT2D eigenvalue weighted by molar-refractivity contribution is 5.97. The molecule has 0 saturated heterocycles. The van der Waals surface area contributed by atoms with Crippen LogP contribution in [0.15, 0.2) is 10.7 Å². The zero-order valence-corrected chi connectivity index (χ0v) is 13.0. The van der Waals surface area contributed by atoms with Crippen LogP contribution in [0.5, 0.6) is 0 Å². The molecular weight excluding hydrogens is 274 g/mol. The van der Waals surface area contributed by atoms with Crippen molar-refractivity contribution in [2.75, 3.05) is 26.8 Å². The number of hydrogen-bond acceptors (Lipinski definition) is 4. The lowest BCUT2D eigenvalue weighted by atomic mass is 10.1. The number of rotatable bonds is 8. The molecule has 0 aromatic carbocycles.